The second kappa shape index (κ2) is 9.56. The van der Waals surface area contributed by atoms with Crippen LogP contribution in [-0.2, 0) is 11.3 Å². The highest BCUT2D eigenvalue weighted by Gasteiger charge is 2.31. The number of benzene rings is 1. The number of methoxy groups -OCH3 is 1. The summed E-state index contributed by atoms with van der Waals surface area (Å²) in [6, 6.07) is 5.89. The lowest BCUT2D eigenvalue weighted by Gasteiger charge is -2.16. The monoisotopic (exact) mass is 493 g/mol. The summed E-state index contributed by atoms with van der Waals surface area (Å²) in [6.45, 7) is -4.15. The molecule has 1 fully saturated rings. The van der Waals surface area contributed by atoms with Crippen LogP contribution >= 0.6 is 0 Å². The third kappa shape index (κ3) is 5.65. The second-order valence-corrected chi connectivity index (χ2v) is 7.60. The van der Waals surface area contributed by atoms with Crippen LogP contribution in [0, 0.1) is 5.92 Å². The molecule has 1 aliphatic rings. The average molecular weight is 493 g/mol. The van der Waals surface area contributed by atoms with Gasteiger partial charge in [-0.2, -0.15) is 18.3 Å². The number of nitrogens with zero attached hydrogens (tertiary/aromatic N) is 5. The maximum absolute atomic E-state index is 12.7. The number of aromatic nitrogens is 5. The number of alkyl halides is 3. The van der Waals surface area contributed by atoms with Gasteiger partial charge in [0.15, 0.2) is 23.1 Å². The molecule has 3 aromatic rings. The zero-order valence-corrected chi connectivity index (χ0v) is 18.2. The molecule has 3 N–H and O–H groups in total. The van der Waals surface area contributed by atoms with Crippen LogP contribution in [0.5, 0.6) is 5.75 Å². The fourth-order valence-corrected chi connectivity index (χ4v) is 3.20. The molecule has 4 rings (SSSR count). The van der Waals surface area contributed by atoms with E-state index in [0.29, 0.717) is 4.68 Å². The number of carbonyl (C=O) groups is 2. The predicted molar refractivity (Wildman–Crippen MR) is 118 cm³/mol. The van der Waals surface area contributed by atoms with Crippen LogP contribution in [0.4, 0.5) is 30.4 Å². The van der Waals surface area contributed by atoms with Crippen molar-refractivity contribution in [1.82, 2.24) is 30.3 Å². The summed E-state index contributed by atoms with van der Waals surface area (Å²) in [5, 5.41) is 18.8. The molecule has 35 heavy (non-hydrogen) atoms. The van der Waals surface area contributed by atoms with Crippen molar-refractivity contribution in [3.05, 3.63) is 36.3 Å². The highest BCUT2D eigenvalue weighted by molar-refractivity contribution is 6.00. The Bertz CT molecular complexity index is 1360. The summed E-state index contributed by atoms with van der Waals surface area (Å²) in [5.74, 6) is -1.42. The van der Waals surface area contributed by atoms with E-state index in [9.17, 15) is 22.8 Å². The van der Waals surface area contributed by atoms with Crippen molar-refractivity contribution >= 4 is 29.0 Å². The van der Waals surface area contributed by atoms with Crippen molar-refractivity contribution in [3.8, 4) is 17.1 Å². The first-order valence-corrected chi connectivity index (χ1v) is 10.2. The Labute approximate surface area is 201 Å². The summed E-state index contributed by atoms with van der Waals surface area (Å²) >= 11 is 0. The Kier molecular flexibility index (Phi) is 5.51. The Hall–Kier alpha value is -4.23. The van der Waals surface area contributed by atoms with Crippen molar-refractivity contribution in [3.63, 3.8) is 0 Å². The number of amides is 2. The topological polar surface area (TPSA) is 136 Å². The third-order valence-electron chi connectivity index (χ3n) is 4.93. The molecule has 0 saturated heterocycles. The Morgan fingerprint density at radius 3 is 2.74 bits per heavy atom. The summed E-state index contributed by atoms with van der Waals surface area (Å²) in [4.78, 5) is 28.7. The zero-order chi connectivity index (χ0) is 27.7. The van der Waals surface area contributed by atoms with Gasteiger partial charge in [-0.3, -0.25) is 9.59 Å². The maximum atomic E-state index is 12.7. The van der Waals surface area contributed by atoms with Gasteiger partial charge < -0.3 is 20.7 Å². The highest BCUT2D eigenvalue weighted by atomic mass is 19.4. The minimum Gasteiger partial charge on any atom is -0.494 e. The van der Waals surface area contributed by atoms with E-state index in [1.165, 1.54) is 31.4 Å². The molecule has 1 saturated carbocycles. The van der Waals surface area contributed by atoms with Crippen molar-refractivity contribution in [2.75, 3.05) is 24.7 Å². The van der Waals surface area contributed by atoms with Gasteiger partial charge in [0.25, 0.3) is 5.91 Å². The van der Waals surface area contributed by atoms with Crippen molar-refractivity contribution < 1.29 is 31.6 Å². The molecule has 1 aromatic carbocycles. The SMILES string of the molecule is [2H]C([2H])([2H])NC(=O)c1nnc(NC(=O)C2CC2)cc1Nc1cccc(-c2ncn(CC(F)(F)F)n2)c1OC. The van der Waals surface area contributed by atoms with E-state index in [-0.39, 0.29) is 46.2 Å². The van der Waals surface area contributed by atoms with Crippen LogP contribution in [0.25, 0.3) is 11.4 Å². The average Bonchev–Trinajstić information content (AvgIpc) is 3.57. The Morgan fingerprint density at radius 2 is 2.06 bits per heavy atom. The van der Waals surface area contributed by atoms with Crippen molar-refractivity contribution in [2.24, 2.45) is 5.92 Å². The molecule has 184 valence electrons. The second-order valence-electron chi connectivity index (χ2n) is 7.60. The minimum atomic E-state index is -4.49. The summed E-state index contributed by atoms with van der Waals surface area (Å²) in [6.07, 6.45) is -2.09. The number of rotatable bonds is 8. The molecule has 2 heterocycles. The first kappa shape index (κ1) is 20.2. The molecular weight excluding hydrogens is 469 g/mol. The van der Waals surface area contributed by atoms with Gasteiger partial charge in [0, 0.05) is 23.1 Å². The number of hydrogen-bond donors (Lipinski definition) is 3. The van der Waals surface area contributed by atoms with E-state index in [2.05, 4.69) is 30.9 Å². The molecule has 0 unspecified atom stereocenters. The van der Waals surface area contributed by atoms with E-state index in [4.69, 9.17) is 8.85 Å². The Balaban J connectivity index is 1.70. The first-order valence-electron chi connectivity index (χ1n) is 11.7. The van der Waals surface area contributed by atoms with E-state index in [1.54, 1.807) is 0 Å². The number of halogens is 3. The molecule has 0 spiro atoms. The lowest BCUT2D eigenvalue weighted by atomic mass is 10.1. The van der Waals surface area contributed by atoms with Crippen LogP contribution in [0.15, 0.2) is 30.6 Å². The number of para-hydroxylation sites is 1. The molecule has 2 amide bonds. The number of hydrogen-bond acceptors (Lipinski definition) is 8. The summed E-state index contributed by atoms with van der Waals surface area (Å²) in [7, 11) is 1.31. The molecule has 2 aromatic heterocycles. The van der Waals surface area contributed by atoms with Gasteiger partial charge in [0.1, 0.15) is 12.9 Å². The number of ether oxygens (including phenoxy) is 1. The van der Waals surface area contributed by atoms with Gasteiger partial charge >= 0.3 is 6.18 Å². The molecule has 0 bridgehead atoms. The number of carbonyl (C=O) groups excluding carboxylic acids is 2. The normalized spacial score (nSPS) is 14.9. The summed E-state index contributed by atoms with van der Waals surface area (Å²) in [5.41, 5.74) is 0.0215. The van der Waals surface area contributed by atoms with E-state index >= 15 is 0 Å². The maximum Gasteiger partial charge on any atom is 0.408 e. The lowest BCUT2D eigenvalue weighted by Crippen LogP contribution is -2.22. The van der Waals surface area contributed by atoms with Crippen LogP contribution in [0.2, 0.25) is 0 Å². The summed E-state index contributed by atoms with van der Waals surface area (Å²) < 4.78 is 66.2. The lowest BCUT2D eigenvalue weighted by molar-refractivity contribution is -0.142. The molecule has 0 aliphatic heterocycles. The molecular formula is C21H21F3N8O3. The highest BCUT2D eigenvalue weighted by Crippen LogP contribution is 2.37. The molecule has 0 radical (unpaired) electrons. The van der Waals surface area contributed by atoms with E-state index in [1.807, 2.05) is 5.32 Å². The zero-order valence-electron chi connectivity index (χ0n) is 21.2. The molecule has 14 heteroatoms. The largest absolute Gasteiger partial charge is 0.494 e. The van der Waals surface area contributed by atoms with Gasteiger partial charge in [-0.1, -0.05) is 6.07 Å². The van der Waals surface area contributed by atoms with Crippen LogP contribution < -0.4 is 20.7 Å². The van der Waals surface area contributed by atoms with Gasteiger partial charge in [0.2, 0.25) is 5.91 Å². The fourth-order valence-electron chi connectivity index (χ4n) is 3.20. The first-order chi connectivity index (χ1) is 17.8. The predicted octanol–water partition coefficient (Wildman–Crippen LogP) is 2.76. The van der Waals surface area contributed by atoms with Gasteiger partial charge in [-0.15, -0.1) is 10.2 Å². The van der Waals surface area contributed by atoms with E-state index in [0.717, 1.165) is 19.2 Å². The van der Waals surface area contributed by atoms with Crippen molar-refractivity contribution in [1.29, 1.82) is 0 Å². The molecule has 0 atom stereocenters. The van der Waals surface area contributed by atoms with Crippen LogP contribution in [-0.4, -0.2) is 57.0 Å². The smallest absolute Gasteiger partial charge is 0.408 e. The minimum absolute atomic E-state index is 0.0116. The van der Waals surface area contributed by atoms with Gasteiger partial charge in [-0.05, 0) is 25.0 Å². The standard InChI is InChI=1S/C21H21F3N8O3/c1-25-20(34)16-14(8-15(29-30-16)28-19(33)11-6-7-11)27-13-5-3-4-12(17(13)35-2)18-26-10-32(31-18)9-21(22,23)24/h3-5,8,10-11H,6-7,9H2,1-2H3,(H,25,34)(H2,27,28,29,33)/i1D3. The van der Waals surface area contributed by atoms with Crippen LogP contribution in [0.3, 0.4) is 0 Å². The van der Waals surface area contributed by atoms with Crippen molar-refractivity contribution in [2.45, 2.75) is 25.6 Å². The number of anilines is 3. The van der Waals surface area contributed by atoms with Gasteiger partial charge in [0.05, 0.1) is 24.0 Å². The molecule has 1 aliphatic carbocycles. The number of nitrogens with one attached hydrogen (secondary N) is 3. The third-order valence-corrected chi connectivity index (χ3v) is 4.93. The van der Waals surface area contributed by atoms with Crippen LogP contribution in [0.1, 0.15) is 27.4 Å². The van der Waals surface area contributed by atoms with Gasteiger partial charge in [-0.25, -0.2) is 9.67 Å². The fraction of sp³-hybridized carbons (Fsp3) is 0.333. The Morgan fingerprint density at radius 1 is 1.26 bits per heavy atom. The quantitative estimate of drug-likeness (QED) is 0.436. The molecule has 11 nitrogen and oxygen atoms in total. The van der Waals surface area contributed by atoms with E-state index < -0.39 is 31.3 Å².